The van der Waals surface area contributed by atoms with Gasteiger partial charge in [-0.3, -0.25) is 4.79 Å². The Morgan fingerprint density at radius 3 is 2.43 bits per heavy atom. The van der Waals surface area contributed by atoms with E-state index in [1.165, 1.54) is 22.5 Å². The number of piperidine rings is 1. The van der Waals surface area contributed by atoms with Gasteiger partial charge >= 0.3 is 0 Å². The average Bonchev–Trinajstić information content (AvgIpc) is 2.68. The molecule has 1 heterocycles. The van der Waals surface area contributed by atoms with Gasteiger partial charge in [0, 0.05) is 25.0 Å². The molecule has 1 amide bonds. The van der Waals surface area contributed by atoms with Crippen LogP contribution in [0.15, 0.2) is 29.2 Å². The van der Waals surface area contributed by atoms with Crippen molar-refractivity contribution >= 4 is 28.3 Å². The Bertz CT molecular complexity index is 769. The number of benzene rings is 1. The first-order chi connectivity index (χ1) is 12.9. The van der Waals surface area contributed by atoms with E-state index in [2.05, 4.69) is 5.32 Å². The molecular formula is C19H29ClFN3O3S. The minimum atomic E-state index is -3.87. The Morgan fingerprint density at radius 1 is 1.14 bits per heavy atom. The summed E-state index contributed by atoms with van der Waals surface area (Å²) < 4.78 is 40.5. The summed E-state index contributed by atoms with van der Waals surface area (Å²) in [6.07, 6.45) is 5.13. The van der Waals surface area contributed by atoms with E-state index in [-0.39, 0.29) is 48.3 Å². The SMILES string of the molecule is Cl.NCC1CCCCC1NC(=O)C1CCN(S(=O)(=O)c2ccccc2F)CC1. The molecule has 1 saturated heterocycles. The molecule has 0 bridgehead atoms. The topological polar surface area (TPSA) is 92.5 Å². The summed E-state index contributed by atoms with van der Waals surface area (Å²) in [4.78, 5) is 12.3. The normalized spacial score (nSPS) is 24.4. The molecule has 0 spiro atoms. The van der Waals surface area contributed by atoms with Gasteiger partial charge in [-0.05, 0) is 50.3 Å². The van der Waals surface area contributed by atoms with E-state index in [4.69, 9.17) is 5.73 Å². The number of rotatable bonds is 5. The molecule has 2 aliphatic rings. The molecule has 2 fully saturated rings. The summed E-state index contributed by atoms with van der Waals surface area (Å²) in [5, 5.41) is 3.14. The molecule has 2 unspecified atom stereocenters. The first kappa shape index (κ1) is 23.1. The summed E-state index contributed by atoms with van der Waals surface area (Å²) >= 11 is 0. The number of nitrogens with zero attached hydrogens (tertiary/aromatic N) is 1. The second-order valence-electron chi connectivity index (χ2n) is 7.50. The Morgan fingerprint density at radius 2 is 1.79 bits per heavy atom. The van der Waals surface area contributed by atoms with Crippen molar-refractivity contribution in [3.05, 3.63) is 30.1 Å². The van der Waals surface area contributed by atoms with E-state index >= 15 is 0 Å². The van der Waals surface area contributed by atoms with Gasteiger partial charge in [0.1, 0.15) is 10.7 Å². The summed E-state index contributed by atoms with van der Waals surface area (Å²) in [7, 11) is -3.87. The molecule has 3 rings (SSSR count). The van der Waals surface area contributed by atoms with E-state index in [9.17, 15) is 17.6 Å². The van der Waals surface area contributed by atoms with Crippen molar-refractivity contribution in [1.82, 2.24) is 9.62 Å². The lowest BCUT2D eigenvalue weighted by Gasteiger charge is -2.34. The van der Waals surface area contributed by atoms with Gasteiger partial charge in [0.05, 0.1) is 0 Å². The summed E-state index contributed by atoms with van der Waals surface area (Å²) in [5.41, 5.74) is 5.83. The summed E-state index contributed by atoms with van der Waals surface area (Å²) in [5.74, 6) is -0.646. The summed E-state index contributed by atoms with van der Waals surface area (Å²) in [6, 6.07) is 5.51. The molecule has 0 radical (unpaired) electrons. The molecule has 3 N–H and O–H groups in total. The Labute approximate surface area is 172 Å². The number of sulfonamides is 1. The monoisotopic (exact) mass is 433 g/mol. The van der Waals surface area contributed by atoms with Crippen LogP contribution < -0.4 is 11.1 Å². The fourth-order valence-corrected chi connectivity index (χ4v) is 5.67. The predicted octanol–water partition coefficient (Wildman–Crippen LogP) is 2.28. The molecule has 1 saturated carbocycles. The minimum absolute atomic E-state index is 0. The number of nitrogens with one attached hydrogen (secondary N) is 1. The molecule has 9 heteroatoms. The number of nitrogens with two attached hydrogens (primary N) is 1. The van der Waals surface area contributed by atoms with E-state index in [1.54, 1.807) is 0 Å². The van der Waals surface area contributed by atoms with Gasteiger partial charge in [-0.2, -0.15) is 4.31 Å². The van der Waals surface area contributed by atoms with E-state index in [0.717, 1.165) is 31.7 Å². The number of carbonyl (C=O) groups excluding carboxylic acids is 1. The Kier molecular flexibility index (Phi) is 8.24. The van der Waals surface area contributed by atoms with Gasteiger partial charge in [0.25, 0.3) is 0 Å². The van der Waals surface area contributed by atoms with Gasteiger partial charge < -0.3 is 11.1 Å². The average molecular weight is 434 g/mol. The van der Waals surface area contributed by atoms with Crippen molar-refractivity contribution in [2.75, 3.05) is 19.6 Å². The molecule has 1 aliphatic carbocycles. The maximum Gasteiger partial charge on any atom is 0.245 e. The fourth-order valence-electron chi connectivity index (χ4n) is 4.13. The lowest BCUT2D eigenvalue weighted by Crippen LogP contribution is -2.49. The standard InChI is InChI=1S/C19H28FN3O3S.ClH/c20-16-6-2-4-8-18(16)27(25,26)23-11-9-14(10-12-23)19(24)22-17-7-3-1-5-15(17)13-21;/h2,4,6,8,14-15,17H,1,3,5,7,9-13,21H2,(H,22,24);1H. The number of carbonyl (C=O) groups is 1. The first-order valence-electron chi connectivity index (χ1n) is 9.68. The van der Waals surface area contributed by atoms with Crippen LogP contribution in [0.3, 0.4) is 0 Å². The highest BCUT2D eigenvalue weighted by molar-refractivity contribution is 7.89. The number of amides is 1. The molecule has 1 aliphatic heterocycles. The molecule has 1 aromatic rings. The minimum Gasteiger partial charge on any atom is -0.353 e. The quantitative estimate of drug-likeness (QED) is 0.745. The number of hydrogen-bond acceptors (Lipinski definition) is 4. The number of halogens is 2. The zero-order valence-electron chi connectivity index (χ0n) is 15.8. The summed E-state index contributed by atoms with van der Waals surface area (Å²) in [6.45, 7) is 1.02. The zero-order valence-corrected chi connectivity index (χ0v) is 17.5. The maximum atomic E-state index is 13.9. The molecule has 28 heavy (non-hydrogen) atoms. The van der Waals surface area contributed by atoms with Crippen LogP contribution >= 0.6 is 12.4 Å². The third kappa shape index (κ3) is 5.03. The van der Waals surface area contributed by atoms with Crippen LogP contribution in [-0.2, 0) is 14.8 Å². The highest BCUT2D eigenvalue weighted by atomic mass is 35.5. The van der Waals surface area contributed by atoms with E-state index < -0.39 is 15.8 Å². The Hall–Kier alpha value is -1.22. The van der Waals surface area contributed by atoms with Crippen molar-refractivity contribution in [1.29, 1.82) is 0 Å². The van der Waals surface area contributed by atoms with Gasteiger partial charge in [0.2, 0.25) is 15.9 Å². The molecule has 6 nitrogen and oxygen atoms in total. The van der Waals surface area contributed by atoms with Crippen molar-refractivity contribution in [3.63, 3.8) is 0 Å². The van der Waals surface area contributed by atoms with E-state index in [0.29, 0.717) is 25.3 Å². The third-order valence-electron chi connectivity index (χ3n) is 5.82. The van der Waals surface area contributed by atoms with E-state index in [1.807, 2.05) is 0 Å². The zero-order chi connectivity index (χ0) is 19.4. The van der Waals surface area contributed by atoms with Crippen molar-refractivity contribution < 1.29 is 17.6 Å². The highest BCUT2D eigenvalue weighted by Crippen LogP contribution is 2.27. The highest BCUT2D eigenvalue weighted by Gasteiger charge is 2.34. The molecule has 0 aromatic heterocycles. The van der Waals surface area contributed by atoms with Crippen LogP contribution in [0.25, 0.3) is 0 Å². The largest absolute Gasteiger partial charge is 0.353 e. The van der Waals surface area contributed by atoms with Crippen LogP contribution in [0.1, 0.15) is 38.5 Å². The lowest BCUT2D eigenvalue weighted by molar-refractivity contribution is -0.127. The lowest BCUT2D eigenvalue weighted by atomic mass is 9.84. The smallest absolute Gasteiger partial charge is 0.245 e. The van der Waals surface area contributed by atoms with Gasteiger partial charge in [-0.1, -0.05) is 25.0 Å². The van der Waals surface area contributed by atoms with Crippen LogP contribution in [0.5, 0.6) is 0 Å². The Balaban J connectivity index is 0.00000280. The maximum absolute atomic E-state index is 13.9. The third-order valence-corrected chi connectivity index (χ3v) is 7.75. The first-order valence-corrected chi connectivity index (χ1v) is 11.1. The second kappa shape index (κ2) is 10.0. The van der Waals surface area contributed by atoms with Gasteiger partial charge in [-0.25, -0.2) is 12.8 Å². The van der Waals surface area contributed by atoms with Crippen molar-refractivity contribution in [2.24, 2.45) is 17.6 Å². The molecular weight excluding hydrogens is 405 g/mol. The molecule has 158 valence electrons. The van der Waals surface area contributed by atoms with Gasteiger partial charge in [0.15, 0.2) is 0 Å². The van der Waals surface area contributed by atoms with Crippen molar-refractivity contribution in [3.8, 4) is 0 Å². The number of hydrogen-bond donors (Lipinski definition) is 2. The van der Waals surface area contributed by atoms with Crippen LogP contribution in [0.4, 0.5) is 4.39 Å². The fraction of sp³-hybridized carbons (Fsp3) is 0.632. The van der Waals surface area contributed by atoms with Gasteiger partial charge in [-0.15, -0.1) is 12.4 Å². The molecule has 1 aromatic carbocycles. The predicted molar refractivity (Wildman–Crippen MR) is 108 cm³/mol. The van der Waals surface area contributed by atoms with Crippen molar-refractivity contribution in [2.45, 2.75) is 49.5 Å². The molecule has 2 atom stereocenters. The second-order valence-corrected chi connectivity index (χ2v) is 9.41. The van der Waals surface area contributed by atoms with Crippen LogP contribution in [-0.4, -0.2) is 44.3 Å². The van der Waals surface area contributed by atoms with Crippen LogP contribution in [0.2, 0.25) is 0 Å². The van der Waals surface area contributed by atoms with Crippen LogP contribution in [0, 0.1) is 17.7 Å².